The average Bonchev–Trinajstić information content (AvgIpc) is 2.24. The van der Waals surface area contributed by atoms with Crippen LogP contribution in [0.15, 0.2) is 24.4 Å². The van der Waals surface area contributed by atoms with E-state index in [1.807, 2.05) is 32.0 Å². The Hall–Kier alpha value is -1.55. The molecule has 0 radical (unpaired) electrons. The molecule has 0 unspecified atom stereocenters. The van der Waals surface area contributed by atoms with E-state index >= 15 is 0 Å². The standard InChI is InChI=1S/C11H11N3S/c1-7-10(9-5-3-4-6-12-9)13-8(2)14-11(7)15/h3-6H,1-2H3,(H,13,14,15). The topological polar surface area (TPSA) is 41.6 Å². The van der Waals surface area contributed by atoms with Crippen LogP contribution in [0.4, 0.5) is 0 Å². The first-order valence-corrected chi connectivity index (χ1v) is 5.08. The second-order valence-corrected chi connectivity index (χ2v) is 3.73. The summed E-state index contributed by atoms with van der Waals surface area (Å²) in [5, 5.41) is 0. The van der Waals surface area contributed by atoms with Crippen LogP contribution in [0.2, 0.25) is 0 Å². The van der Waals surface area contributed by atoms with Crippen LogP contribution in [-0.2, 0) is 0 Å². The van der Waals surface area contributed by atoms with E-state index in [1.54, 1.807) is 6.20 Å². The molecule has 0 fully saturated rings. The second-order valence-electron chi connectivity index (χ2n) is 3.34. The van der Waals surface area contributed by atoms with E-state index in [2.05, 4.69) is 15.0 Å². The number of aromatic nitrogens is 3. The largest absolute Gasteiger partial charge is 0.342 e. The number of hydrogen-bond donors (Lipinski definition) is 1. The van der Waals surface area contributed by atoms with Crippen molar-refractivity contribution in [1.82, 2.24) is 15.0 Å². The highest BCUT2D eigenvalue weighted by atomic mass is 32.1. The fourth-order valence-electron chi connectivity index (χ4n) is 1.41. The molecule has 3 nitrogen and oxygen atoms in total. The second kappa shape index (κ2) is 3.90. The SMILES string of the molecule is Cc1nc(=S)c(C)c(-c2ccccn2)[nH]1. The highest BCUT2D eigenvalue weighted by molar-refractivity contribution is 7.71. The molecule has 0 aliphatic carbocycles. The van der Waals surface area contributed by atoms with Crippen LogP contribution in [0.1, 0.15) is 11.4 Å². The van der Waals surface area contributed by atoms with E-state index in [-0.39, 0.29) is 0 Å². The number of H-pyrrole nitrogens is 1. The molecule has 4 heteroatoms. The van der Waals surface area contributed by atoms with Crippen molar-refractivity contribution in [3.8, 4) is 11.4 Å². The van der Waals surface area contributed by atoms with Gasteiger partial charge < -0.3 is 4.98 Å². The molecule has 2 aromatic heterocycles. The molecule has 2 rings (SSSR count). The van der Waals surface area contributed by atoms with Gasteiger partial charge >= 0.3 is 0 Å². The first-order valence-electron chi connectivity index (χ1n) is 4.67. The van der Waals surface area contributed by atoms with E-state index < -0.39 is 0 Å². The van der Waals surface area contributed by atoms with Crippen LogP contribution in [-0.4, -0.2) is 15.0 Å². The van der Waals surface area contributed by atoms with E-state index in [4.69, 9.17) is 12.2 Å². The van der Waals surface area contributed by atoms with Gasteiger partial charge in [0.1, 0.15) is 10.5 Å². The molecular formula is C11H11N3S. The van der Waals surface area contributed by atoms with Gasteiger partial charge in [-0.2, -0.15) is 0 Å². The lowest BCUT2D eigenvalue weighted by Crippen LogP contribution is -1.97. The Labute approximate surface area is 93.2 Å². The maximum Gasteiger partial charge on any atom is 0.133 e. The highest BCUT2D eigenvalue weighted by Gasteiger charge is 2.05. The lowest BCUT2D eigenvalue weighted by Gasteiger charge is -2.06. The van der Waals surface area contributed by atoms with Crippen molar-refractivity contribution in [3.63, 3.8) is 0 Å². The Kier molecular flexibility index (Phi) is 2.60. The highest BCUT2D eigenvalue weighted by Crippen LogP contribution is 2.18. The minimum atomic E-state index is 0.631. The molecule has 0 atom stereocenters. The minimum absolute atomic E-state index is 0.631. The van der Waals surface area contributed by atoms with Crippen LogP contribution >= 0.6 is 12.2 Å². The Bertz CT molecular complexity index is 531. The minimum Gasteiger partial charge on any atom is -0.342 e. The van der Waals surface area contributed by atoms with E-state index in [1.165, 1.54) is 0 Å². The third-order valence-electron chi connectivity index (χ3n) is 2.19. The average molecular weight is 217 g/mol. The van der Waals surface area contributed by atoms with Crippen LogP contribution in [0, 0.1) is 18.5 Å². The fraction of sp³-hybridized carbons (Fsp3) is 0.182. The number of nitrogens with one attached hydrogen (secondary N) is 1. The van der Waals surface area contributed by atoms with E-state index in [0.29, 0.717) is 4.64 Å². The Morgan fingerprint density at radius 1 is 1.27 bits per heavy atom. The van der Waals surface area contributed by atoms with Gasteiger partial charge in [0.15, 0.2) is 0 Å². The van der Waals surface area contributed by atoms with Gasteiger partial charge in [-0.15, -0.1) is 0 Å². The third-order valence-corrected chi connectivity index (χ3v) is 2.59. The molecular weight excluding hydrogens is 206 g/mol. The Morgan fingerprint density at radius 2 is 2.07 bits per heavy atom. The molecule has 0 bridgehead atoms. The number of nitrogens with zero attached hydrogens (tertiary/aromatic N) is 2. The summed E-state index contributed by atoms with van der Waals surface area (Å²) in [5.74, 6) is 0.811. The summed E-state index contributed by atoms with van der Waals surface area (Å²) in [7, 11) is 0. The monoisotopic (exact) mass is 217 g/mol. The van der Waals surface area contributed by atoms with Crippen molar-refractivity contribution in [3.05, 3.63) is 40.4 Å². The molecule has 0 aliphatic rings. The van der Waals surface area contributed by atoms with Crippen LogP contribution in [0.5, 0.6) is 0 Å². The normalized spacial score (nSPS) is 10.3. The molecule has 0 aromatic carbocycles. The summed E-state index contributed by atoms with van der Waals surface area (Å²) in [4.78, 5) is 11.7. The van der Waals surface area contributed by atoms with Gasteiger partial charge in [0.05, 0.1) is 11.4 Å². The van der Waals surface area contributed by atoms with Gasteiger partial charge in [-0.1, -0.05) is 18.3 Å². The van der Waals surface area contributed by atoms with Gasteiger partial charge in [-0.05, 0) is 26.0 Å². The van der Waals surface area contributed by atoms with Crippen molar-refractivity contribution < 1.29 is 0 Å². The molecule has 2 aromatic rings. The zero-order valence-corrected chi connectivity index (χ0v) is 9.43. The molecule has 76 valence electrons. The predicted octanol–water partition coefficient (Wildman–Crippen LogP) is 2.82. The van der Waals surface area contributed by atoms with Crippen molar-refractivity contribution in [1.29, 1.82) is 0 Å². The third kappa shape index (κ3) is 1.94. The first kappa shape index (κ1) is 9.98. The maximum atomic E-state index is 5.17. The molecule has 0 aliphatic heterocycles. The summed E-state index contributed by atoms with van der Waals surface area (Å²) in [6, 6.07) is 5.79. The van der Waals surface area contributed by atoms with Gasteiger partial charge in [0, 0.05) is 11.8 Å². The fourth-order valence-corrected chi connectivity index (χ4v) is 1.65. The number of rotatable bonds is 1. The lowest BCUT2D eigenvalue weighted by molar-refractivity contribution is 1.02. The van der Waals surface area contributed by atoms with Crippen LogP contribution < -0.4 is 0 Å². The number of aryl methyl sites for hydroxylation is 1. The summed E-state index contributed by atoms with van der Waals surface area (Å²) >= 11 is 5.17. The molecule has 2 heterocycles. The Balaban J connectivity index is 2.68. The predicted molar refractivity (Wildman–Crippen MR) is 62.1 cm³/mol. The zero-order chi connectivity index (χ0) is 10.8. The van der Waals surface area contributed by atoms with Crippen molar-refractivity contribution in [2.45, 2.75) is 13.8 Å². The maximum absolute atomic E-state index is 5.17. The van der Waals surface area contributed by atoms with Crippen LogP contribution in [0.25, 0.3) is 11.4 Å². The molecule has 0 saturated heterocycles. The zero-order valence-electron chi connectivity index (χ0n) is 8.61. The van der Waals surface area contributed by atoms with Gasteiger partial charge in [0.2, 0.25) is 0 Å². The molecule has 0 spiro atoms. The number of pyridine rings is 1. The van der Waals surface area contributed by atoms with Gasteiger partial charge in [0.25, 0.3) is 0 Å². The van der Waals surface area contributed by atoms with Crippen LogP contribution in [0.3, 0.4) is 0 Å². The molecule has 1 N–H and O–H groups in total. The molecule has 0 amide bonds. The molecule has 0 saturated carbocycles. The summed E-state index contributed by atoms with van der Waals surface area (Å²) in [5.41, 5.74) is 2.81. The van der Waals surface area contributed by atoms with Gasteiger partial charge in [-0.3, -0.25) is 4.98 Å². The Morgan fingerprint density at radius 3 is 2.73 bits per heavy atom. The van der Waals surface area contributed by atoms with Crippen molar-refractivity contribution >= 4 is 12.2 Å². The number of aromatic amines is 1. The molecule has 15 heavy (non-hydrogen) atoms. The van der Waals surface area contributed by atoms with E-state index in [9.17, 15) is 0 Å². The van der Waals surface area contributed by atoms with E-state index in [0.717, 1.165) is 22.8 Å². The summed E-state index contributed by atoms with van der Waals surface area (Å²) < 4.78 is 0.631. The van der Waals surface area contributed by atoms with Crippen molar-refractivity contribution in [2.75, 3.05) is 0 Å². The smallest absolute Gasteiger partial charge is 0.133 e. The van der Waals surface area contributed by atoms with Crippen molar-refractivity contribution in [2.24, 2.45) is 0 Å². The summed E-state index contributed by atoms with van der Waals surface area (Å²) in [6.07, 6.45) is 1.77. The first-order chi connectivity index (χ1) is 7.18. The summed E-state index contributed by atoms with van der Waals surface area (Å²) in [6.45, 7) is 3.84. The quantitative estimate of drug-likeness (QED) is 0.747. The lowest BCUT2D eigenvalue weighted by atomic mass is 10.2. The number of hydrogen-bond acceptors (Lipinski definition) is 3. The van der Waals surface area contributed by atoms with Gasteiger partial charge in [-0.25, -0.2) is 4.98 Å².